The maximum absolute atomic E-state index is 13.1. The molecule has 0 aromatic heterocycles. The number of para-hydroxylation sites is 1. The Bertz CT molecular complexity index is 872. The lowest BCUT2D eigenvalue weighted by Gasteiger charge is -2.38. The largest absolute Gasteiger partial charge is 0.294 e. The lowest BCUT2D eigenvalue weighted by atomic mass is 9.77. The number of halogens is 1. The van der Waals surface area contributed by atoms with E-state index in [2.05, 4.69) is 15.9 Å². The van der Waals surface area contributed by atoms with Gasteiger partial charge in [-0.3, -0.25) is 14.5 Å². The van der Waals surface area contributed by atoms with Crippen LogP contribution >= 0.6 is 15.9 Å². The molecule has 4 heteroatoms. The summed E-state index contributed by atoms with van der Waals surface area (Å²) in [5, 5.41) is 0. The molecule has 0 bridgehead atoms. The van der Waals surface area contributed by atoms with Crippen LogP contribution in [-0.4, -0.2) is 11.7 Å². The van der Waals surface area contributed by atoms with Crippen molar-refractivity contribution in [1.29, 1.82) is 0 Å². The van der Waals surface area contributed by atoms with Crippen molar-refractivity contribution >= 4 is 33.3 Å². The van der Waals surface area contributed by atoms with Crippen LogP contribution in [0.3, 0.4) is 0 Å². The molecular weight excluding hydrogens is 378 g/mol. The molecule has 2 aromatic rings. The number of carbonyl (C=O) groups is 2. The van der Waals surface area contributed by atoms with Crippen molar-refractivity contribution in [3.8, 4) is 0 Å². The Morgan fingerprint density at radius 3 is 2.40 bits per heavy atom. The molecule has 25 heavy (non-hydrogen) atoms. The van der Waals surface area contributed by atoms with Gasteiger partial charge in [0.15, 0.2) is 5.78 Å². The number of nitrogens with zero attached hydrogens (tertiary/aromatic N) is 1. The van der Waals surface area contributed by atoms with Crippen LogP contribution in [0.5, 0.6) is 0 Å². The molecule has 1 aliphatic heterocycles. The van der Waals surface area contributed by atoms with E-state index < -0.39 is 0 Å². The Morgan fingerprint density at radius 1 is 0.920 bits per heavy atom. The Balaban J connectivity index is 1.89. The maximum atomic E-state index is 13.1. The Hall–Kier alpha value is -2.20. The second-order valence-electron chi connectivity index (χ2n) is 6.49. The summed E-state index contributed by atoms with van der Waals surface area (Å²) in [7, 11) is 0. The van der Waals surface area contributed by atoms with Crippen molar-refractivity contribution in [2.24, 2.45) is 0 Å². The fourth-order valence-electron chi connectivity index (χ4n) is 3.88. The molecule has 1 heterocycles. The molecule has 3 nitrogen and oxygen atoms in total. The first kappa shape index (κ1) is 16.3. The fraction of sp³-hybridized carbons (Fsp3) is 0.238. The highest BCUT2D eigenvalue weighted by Gasteiger charge is 2.39. The first-order valence-corrected chi connectivity index (χ1v) is 9.35. The molecule has 1 atom stereocenters. The number of anilines is 1. The van der Waals surface area contributed by atoms with E-state index in [4.69, 9.17) is 0 Å². The van der Waals surface area contributed by atoms with Crippen LogP contribution in [0.2, 0.25) is 0 Å². The zero-order valence-electron chi connectivity index (χ0n) is 13.7. The fourth-order valence-corrected chi connectivity index (χ4v) is 4.34. The highest BCUT2D eigenvalue weighted by atomic mass is 79.9. The van der Waals surface area contributed by atoms with Gasteiger partial charge in [-0.25, -0.2) is 0 Å². The normalized spacial score (nSPS) is 20.7. The summed E-state index contributed by atoms with van der Waals surface area (Å²) in [6.07, 6.45) is 2.46. The quantitative estimate of drug-likeness (QED) is 0.718. The third kappa shape index (κ3) is 2.85. The number of carbonyl (C=O) groups excluding carboxylic acids is 2. The molecule has 0 spiro atoms. The van der Waals surface area contributed by atoms with E-state index in [0.717, 1.165) is 39.8 Å². The maximum Gasteiger partial charge on any atom is 0.232 e. The molecule has 0 saturated heterocycles. The van der Waals surface area contributed by atoms with Gasteiger partial charge in [0.2, 0.25) is 5.91 Å². The molecule has 0 saturated carbocycles. The summed E-state index contributed by atoms with van der Waals surface area (Å²) in [5.74, 6) is 0.101. The van der Waals surface area contributed by atoms with E-state index >= 15 is 0 Å². The van der Waals surface area contributed by atoms with Gasteiger partial charge in [-0.05, 0) is 46.5 Å². The predicted octanol–water partition coefficient (Wildman–Crippen LogP) is 4.98. The van der Waals surface area contributed by atoms with Crippen LogP contribution in [0, 0.1) is 0 Å². The first-order valence-electron chi connectivity index (χ1n) is 8.55. The Morgan fingerprint density at radius 2 is 1.64 bits per heavy atom. The summed E-state index contributed by atoms with van der Waals surface area (Å²) in [5.41, 5.74) is 3.58. The van der Waals surface area contributed by atoms with Gasteiger partial charge in [0.05, 0.1) is 5.69 Å². The zero-order chi connectivity index (χ0) is 17.4. The lowest BCUT2D eigenvalue weighted by Crippen LogP contribution is -2.40. The molecule has 1 amide bonds. The number of hydrogen-bond acceptors (Lipinski definition) is 2. The van der Waals surface area contributed by atoms with Crippen LogP contribution in [0.25, 0.3) is 0 Å². The molecule has 0 N–H and O–H groups in total. The van der Waals surface area contributed by atoms with Crippen molar-refractivity contribution in [3.05, 3.63) is 75.9 Å². The van der Waals surface area contributed by atoms with Gasteiger partial charge in [-0.2, -0.15) is 0 Å². The summed E-state index contributed by atoms with van der Waals surface area (Å²) in [6, 6.07) is 17.6. The second-order valence-corrected chi connectivity index (χ2v) is 7.34. The highest BCUT2D eigenvalue weighted by molar-refractivity contribution is 9.10. The van der Waals surface area contributed by atoms with Gasteiger partial charge in [0, 0.05) is 34.5 Å². The highest BCUT2D eigenvalue weighted by Crippen LogP contribution is 2.44. The van der Waals surface area contributed by atoms with Crippen LogP contribution < -0.4 is 4.90 Å². The number of amides is 1. The minimum Gasteiger partial charge on any atom is -0.294 e. The van der Waals surface area contributed by atoms with Crippen molar-refractivity contribution in [2.45, 2.75) is 31.6 Å². The van der Waals surface area contributed by atoms with Gasteiger partial charge < -0.3 is 0 Å². The number of rotatable bonds is 2. The minimum absolute atomic E-state index is 0.0502. The molecule has 2 aliphatic rings. The second kappa shape index (κ2) is 6.60. The smallest absolute Gasteiger partial charge is 0.232 e. The third-order valence-corrected chi connectivity index (χ3v) is 5.64. The van der Waals surface area contributed by atoms with Crippen LogP contribution in [-0.2, 0) is 9.59 Å². The van der Waals surface area contributed by atoms with Crippen molar-refractivity contribution in [2.75, 3.05) is 4.90 Å². The molecule has 126 valence electrons. The van der Waals surface area contributed by atoms with Gasteiger partial charge >= 0.3 is 0 Å². The number of allylic oxidation sites excluding steroid dienone is 2. The molecule has 0 fully saturated rings. The predicted molar refractivity (Wildman–Crippen MR) is 101 cm³/mol. The summed E-state index contributed by atoms with van der Waals surface area (Å²) in [4.78, 5) is 27.6. The Kier molecular flexibility index (Phi) is 4.30. The Labute approximate surface area is 155 Å². The number of benzene rings is 2. The molecule has 0 radical (unpaired) electrons. The van der Waals surface area contributed by atoms with E-state index in [9.17, 15) is 9.59 Å². The average molecular weight is 396 g/mol. The van der Waals surface area contributed by atoms with E-state index in [-0.39, 0.29) is 17.6 Å². The SMILES string of the molecule is O=C1CCCC2=C1C(c1ccccc1)CC(=O)N2c1ccccc1Br. The van der Waals surface area contributed by atoms with E-state index in [1.54, 1.807) is 4.90 Å². The molecule has 2 aromatic carbocycles. The topological polar surface area (TPSA) is 37.4 Å². The van der Waals surface area contributed by atoms with Crippen molar-refractivity contribution in [1.82, 2.24) is 0 Å². The van der Waals surface area contributed by atoms with Gasteiger partial charge in [-0.1, -0.05) is 42.5 Å². The number of Topliss-reactive ketones (excluding diaryl/α,β-unsaturated/α-hetero) is 1. The average Bonchev–Trinajstić information content (AvgIpc) is 2.63. The third-order valence-electron chi connectivity index (χ3n) is 4.97. The van der Waals surface area contributed by atoms with E-state index in [0.29, 0.717) is 12.8 Å². The first-order chi connectivity index (χ1) is 12.2. The summed E-state index contributed by atoms with van der Waals surface area (Å²) >= 11 is 3.55. The number of hydrogen-bond donors (Lipinski definition) is 0. The molecular formula is C21H18BrNO2. The van der Waals surface area contributed by atoms with E-state index in [1.807, 2.05) is 54.6 Å². The van der Waals surface area contributed by atoms with Crippen molar-refractivity contribution < 1.29 is 9.59 Å². The van der Waals surface area contributed by atoms with Gasteiger partial charge in [0.25, 0.3) is 0 Å². The monoisotopic (exact) mass is 395 g/mol. The van der Waals surface area contributed by atoms with Crippen LogP contribution in [0.1, 0.15) is 37.2 Å². The minimum atomic E-state index is -0.129. The van der Waals surface area contributed by atoms with Gasteiger partial charge in [0.1, 0.15) is 0 Å². The van der Waals surface area contributed by atoms with Crippen molar-refractivity contribution in [3.63, 3.8) is 0 Å². The standard InChI is InChI=1S/C21H18BrNO2/c22-16-9-4-5-10-17(16)23-18-11-6-12-19(24)21(18)15(13-20(23)25)14-7-2-1-3-8-14/h1-5,7-10,15H,6,11-13H2. The van der Waals surface area contributed by atoms with Crippen LogP contribution in [0.4, 0.5) is 5.69 Å². The van der Waals surface area contributed by atoms with Crippen LogP contribution in [0.15, 0.2) is 70.3 Å². The van der Waals surface area contributed by atoms with E-state index in [1.165, 1.54) is 0 Å². The summed E-state index contributed by atoms with van der Waals surface area (Å²) < 4.78 is 0.867. The zero-order valence-corrected chi connectivity index (χ0v) is 15.3. The molecule has 1 unspecified atom stereocenters. The number of ketones is 1. The molecule has 1 aliphatic carbocycles. The summed E-state index contributed by atoms with van der Waals surface area (Å²) in [6.45, 7) is 0. The lowest BCUT2D eigenvalue weighted by molar-refractivity contribution is -0.119. The molecule has 4 rings (SSSR count). The van der Waals surface area contributed by atoms with Gasteiger partial charge in [-0.15, -0.1) is 0 Å².